The topological polar surface area (TPSA) is 18.5 Å². The highest BCUT2D eigenvalue weighted by Crippen LogP contribution is 2.25. The zero-order valence-corrected chi connectivity index (χ0v) is 14.5. The molecule has 3 aliphatic rings. The van der Waals surface area contributed by atoms with Gasteiger partial charge in [-0.3, -0.25) is 9.80 Å². The Balaban J connectivity index is 1.68. The van der Waals surface area contributed by atoms with Crippen molar-refractivity contribution in [3.05, 3.63) is 20.8 Å². The summed E-state index contributed by atoms with van der Waals surface area (Å²) in [6, 6.07) is 3.55. The van der Waals surface area contributed by atoms with E-state index in [1.54, 1.807) is 0 Å². The molecule has 1 aromatic heterocycles. The third-order valence-corrected chi connectivity index (χ3v) is 6.20. The van der Waals surface area contributed by atoms with Crippen molar-refractivity contribution in [3.8, 4) is 0 Å². The molecule has 4 rings (SSSR count). The van der Waals surface area contributed by atoms with Gasteiger partial charge in [-0.25, -0.2) is 0 Å². The molecule has 5 heteroatoms. The average Bonchev–Trinajstić information content (AvgIpc) is 2.90. The summed E-state index contributed by atoms with van der Waals surface area (Å²) in [5.41, 5.74) is 0. The van der Waals surface area contributed by atoms with Crippen LogP contribution < -0.4 is 5.32 Å². The molecule has 1 aromatic rings. The van der Waals surface area contributed by atoms with E-state index in [0.717, 1.165) is 13.0 Å². The second-order valence-electron chi connectivity index (χ2n) is 5.90. The van der Waals surface area contributed by atoms with E-state index in [4.69, 9.17) is 0 Å². The fraction of sp³-hybridized carbons (Fsp3) is 0.733. The molecule has 112 valence electrons. The molecule has 2 unspecified atom stereocenters. The van der Waals surface area contributed by atoms with Gasteiger partial charge in [0.2, 0.25) is 0 Å². The molecule has 1 N–H and O–H groups in total. The van der Waals surface area contributed by atoms with E-state index in [1.165, 1.54) is 48.5 Å². The Morgan fingerprint density at radius 2 is 2.20 bits per heavy atom. The molecular weight excluding hydrogens is 334 g/mol. The van der Waals surface area contributed by atoms with E-state index in [1.807, 2.05) is 11.3 Å². The maximum absolute atomic E-state index is 3.80. The Bertz CT molecular complexity index is 429. The van der Waals surface area contributed by atoms with E-state index < -0.39 is 0 Å². The van der Waals surface area contributed by atoms with Crippen molar-refractivity contribution in [1.29, 1.82) is 0 Å². The molecule has 0 amide bonds. The summed E-state index contributed by atoms with van der Waals surface area (Å²) in [5, 5.41) is 6.00. The summed E-state index contributed by atoms with van der Waals surface area (Å²) in [6.07, 6.45) is 2.37. The number of halogens is 1. The van der Waals surface area contributed by atoms with E-state index >= 15 is 0 Å². The van der Waals surface area contributed by atoms with Crippen LogP contribution in [-0.2, 0) is 6.42 Å². The van der Waals surface area contributed by atoms with Gasteiger partial charge < -0.3 is 5.32 Å². The lowest BCUT2D eigenvalue weighted by Gasteiger charge is -2.50. The van der Waals surface area contributed by atoms with E-state index in [9.17, 15) is 0 Å². The Morgan fingerprint density at radius 1 is 1.40 bits per heavy atom. The van der Waals surface area contributed by atoms with Crippen molar-refractivity contribution in [1.82, 2.24) is 15.1 Å². The van der Waals surface area contributed by atoms with Crippen LogP contribution in [0.5, 0.6) is 0 Å². The minimum atomic E-state index is 0.587. The van der Waals surface area contributed by atoms with Crippen molar-refractivity contribution < 1.29 is 0 Å². The molecule has 3 nitrogen and oxygen atoms in total. The van der Waals surface area contributed by atoms with Crippen molar-refractivity contribution >= 4 is 27.3 Å². The average molecular weight is 358 g/mol. The predicted octanol–water partition coefficient (Wildman–Crippen LogP) is 2.42. The van der Waals surface area contributed by atoms with Gasteiger partial charge >= 0.3 is 0 Å². The van der Waals surface area contributed by atoms with Crippen LogP contribution in [0.25, 0.3) is 0 Å². The first-order valence-corrected chi connectivity index (χ1v) is 9.36. The van der Waals surface area contributed by atoms with Gasteiger partial charge in [-0.1, -0.05) is 6.92 Å². The largest absolute Gasteiger partial charge is 0.312 e. The lowest BCUT2D eigenvalue weighted by molar-refractivity contribution is -0.00298. The number of nitrogens with zero attached hydrogens (tertiary/aromatic N) is 2. The van der Waals surface area contributed by atoms with Gasteiger partial charge in [-0.05, 0) is 41.4 Å². The zero-order valence-electron chi connectivity index (χ0n) is 12.1. The standard InChI is InChI=1S/C15H24BrN3S/c1-2-3-17-14(9-13-8-12(16)11-20-13)15-10-18-4-6-19(15)7-5-18/h8,11,14-15,17H,2-7,9-10H2,1H3. The zero-order chi connectivity index (χ0) is 13.9. The second kappa shape index (κ2) is 6.88. The van der Waals surface area contributed by atoms with Crippen molar-refractivity contribution in [2.45, 2.75) is 31.8 Å². The maximum atomic E-state index is 3.80. The summed E-state index contributed by atoms with van der Waals surface area (Å²) < 4.78 is 1.22. The van der Waals surface area contributed by atoms with Crippen LogP contribution in [0.4, 0.5) is 0 Å². The minimum absolute atomic E-state index is 0.587. The quantitative estimate of drug-likeness (QED) is 0.843. The van der Waals surface area contributed by atoms with Crippen molar-refractivity contribution in [2.24, 2.45) is 0 Å². The van der Waals surface area contributed by atoms with Crippen LogP contribution >= 0.6 is 27.3 Å². The number of rotatable bonds is 6. The smallest absolute Gasteiger partial charge is 0.0381 e. The molecule has 0 saturated carbocycles. The highest BCUT2D eigenvalue weighted by molar-refractivity contribution is 9.10. The first kappa shape index (κ1) is 15.0. The van der Waals surface area contributed by atoms with Gasteiger partial charge in [0.05, 0.1) is 0 Å². The van der Waals surface area contributed by atoms with Crippen LogP contribution in [0.15, 0.2) is 15.9 Å². The third-order valence-electron chi connectivity index (χ3n) is 4.49. The minimum Gasteiger partial charge on any atom is -0.312 e. The molecule has 2 atom stereocenters. The van der Waals surface area contributed by atoms with Gasteiger partial charge in [0.25, 0.3) is 0 Å². The normalized spacial score (nSPS) is 30.6. The molecule has 4 heterocycles. The van der Waals surface area contributed by atoms with Gasteiger partial charge in [0, 0.05) is 59.5 Å². The lowest BCUT2D eigenvalue weighted by Crippen LogP contribution is -2.66. The molecule has 0 radical (unpaired) electrons. The highest BCUT2D eigenvalue weighted by atomic mass is 79.9. The third kappa shape index (κ3) is 3.45. The number of piperazine rings is 3. The first-order chi connectivity index (χ1) is 9.76. The molecule has 3 fully saturated rings. The number of hydrogen-bond acceptors (Lipinski definition) is 4. The van der Waals surface area contributed by atoms with Crippen LogP contribution in [0.3, 0.4) is 0 Å². The monoisotopic (exact) mass is 357 g/mol. The maximum Gasteiger partial charge on any atom is 0.0381 e. The van der Waals surface area contributed by atoms with Crippen LogP contribution in [-0.4, -0.2) is 61.2 Å². The Morgan fingerprint density at radius 3 is 2.75 bits per heavy atom. The summed E-state index contributed by atoms with van der Waals surface area (Å²) in [5.74, 6) is 0. The first-order valence-electron chi connectivity index (χ1n) is 7.69. The molecule has 3 saturated heterocycles. The highest BCUT2D eigenvalue weighted by Gasteiger charge is 2.36. The molecule has 20 heavy (non-hydrogen) atoms. The summed E-state index contributed by atoms with van der Waals surface area (Å²) in [7, 11) is 0. The molecular formula is C15H24BrN3S. The van der Waals surface area contributed by atoms with Gasteiger partial charge in [0.15, 0.2) is 0 Å². The molecule has 2 bridgehead atoms. The number of fused-ring (bicyclic) bond motifs is 3. The van der Waals surface area contributed by atoms with Crippen molar-refractivity contribution in [2.75, 3.05) is 39.3 Å². The number of nitrogens with one attached hydrogen (secondary N) is 1. The predicted molar refractivity (Wildman–Crippen MR) is 89.6 cm³/mol. The SMILES string of the molecule is CCCNC(Cc1cc(Br)cs1)C1CN2CCN1CC2. The van der Waals surface area contributed by atoms with Gasteiger partial charge in [-0.2, -0.15) is 0 Å². The lowest BCUT2D eigenvalue weighted by atomic mass is 9.97. The van der Waals surface area contributed by atoms with Crippen LogP contribution in [0.2, 0.25) is 0 Å². The molecule has 3 aliphatic heterocycles. The Hall–Kier alpha value is 0.0600. The van der Waals surface area contributed by atoms with Crippen LogP contribution in [0, 0.1) is 0 Å². The Labute approximate surface area is 134 Å². The summed E-state index contributed by atoms with van der Waals surface area (Å²) >= 11 is 5.45. The van der Waals surface area contributed by atoms with E-state index in [2.05, 4.69) is 49.4 Å². The van der Waals surface area contributed by atoms with E-state index in [0.29, 0.717) is 12.1 Å². The summed E-state index contributed by atoms with van der Waals surface area (Å²) in [4.78, 5) is 6.83. The van der Waals surface area contributed by atoms with Crippen molar-refractivity contribution in [3.63, 3.8) is 0 Å². The fourth-order valence-electron chi connectivity index (χ4n) is 3.39. The van der Waals surface area contributed by atoms with Gasteiger partial charge in [-0.15, -0.1) is 11.3 Å². The van der Waals surface area contributed by atoms with E-state index in [-0.39, 0.29) is 0 Å². The molecule has 0 aliphatic carbocycles. The fourth-order valence-corrected chi connectivity index (χ4v) is 4.90. The van der Waals surface area contributed by atoms with Gasteiger partial charge in [0.1, 0.15) is 0 Å². The van der Waals surface area contributed by atoms with Crippen LogP contribution in [0.1, 0.15) is 18.2 Å². The number of hydrogen-bond donors (Lipinski definition) is 1. The second-order valence-corrected chi connectivity index (χ2v) is 7.81. The molecule has 0 aromatic carbocycles. The molecule has 0 spiro atoms. The number of thiophene rings is 1. The Kier molecular flexibility index (Phi) is 5.15. The summed E-state index contributed by atoms with van der Waals surface area (Å²) in [6.45, 7) is 9.66.